The molecular formula is C12H13FN2O2. The normalized spacial score (nSPS) is 10.8. The number of aromatic amines is 1. The maximum atomic E-state index is 13.3. The van der Waals surface area contributed by atoms with Crippen LogP contribution in [-0.4, -0.2) is 24.6 Å². The van der Waals surface area contributed by atoms with Crippen LogP contribution < -0.4 is 5.73 Å². The molecular weight excluding hydrogens is 223 g/mol. The zero-order valence-electron chi connectivity index (χ0n) is 9.42. The molecule has 4 nitrogen and oxygen atoms in total. The first kappa shape index (κ1) is 11.6. The molecule has 0 fully saturated rings. The number of fused-ring (bicyclic) bond motifs is 1. The minimum Gasteiger partial charge on any atom is -0.465 e. The Hall–Kier alpha value is -1.88. The van der Waals surface area contributed by atoms with Crippen LogP contribution in [0.4, 0.5) is 4.39 Å². The highest BCUT2D eigenvalue weighted by Crippen LogP contribution is 2.25. The van der Waals surface area contributed by atoms with Gasteiger partial charge in [-0.05, 0) is 30.7 Å². The maximum Gasteiger partial charge on any atom is 0.338 e. The second-order valence-corrected chi connectivity index (χ2v) is 3.72. The van der Waals surface area contributed by atoms with Gasteiger partial charge >= 0.3 is 5.97 Å². The van der Waals surface area contributed by atoms with Crippen LogP contribution in [0.2, 0.25) is 0 Å². The first-order chi connectivity index (χ1) is 8.17. The summed E-state index contributed by atoms with van der Waals surface area (Å²) in [4.78, 5) is 14.5. The number of hydrogen-bond donors (Lipinski definition) is 2. The fraction of sp³-hybridized carbons (Fsp3) is 0.250. The van der Waals surface area contributed by atoms with Crippen molar-refractivity contribution in [3.05, 3.63) is 35.3 Å². The van der Waals surface area contributed by atoms with Crippen molar-refractivity contribution in [1.82, 2.24) is 4.98 Å². The molecule has 3 N–H and O–H groups in total. The number of H-pyrrole nitrogens is 1. The van der Waals surface area contributed by atoms with Crippen molar-refractivity contribution in [2.75, 3.05) is 13.7 Å². The van der Waals surface area contributed by atoms with Gasteiger partial charge in [0.05, 0.1) is 12.7 Å². The average molecular weight is 236 g/mol. The number of aromatic nitrogens is 1. The number of carbonyl (C=O) groups is 1. The van der Waals surface area contributed by atoms with Gasteiger partial charge in [-0.15, -0.1) is 0 Å². The highest BCUT2D eigenvalue weighted by atomic mass is 19.1. The fourth-order valence-electron chi connectivity index (χ4n) is 1.93. The zero-order chi connectivity index (χ0) is 12.4. The smallest absolute Gasteiger partial charge is 0.338 e. The van der Waals surface area contributed by atoms with E-state index >= 15 is 0 Å². The van der Waals surface area contributed by atoms with Crippen LogP contribution >= 0.6 is 0 Å². The van der Waals surface area contributed by atoms with E-state index in [1.807, 2.05) is 0 Å². The second-order valence-electron chi connectivity index (χ2n) is 3.72. The predicted molar refractivity (Wildman–Crippen MR) is 62.4 cm³/mol. The monoisotopic (exact) mass is 236 g/mol. The third-order valence-electron chi connectivity index (χ3n) is 2.65. The summed E-state index contributed by atoms with van der Waals surface area (Å²) in [6.45, 7) is 0.463. The molecule has 1 aromatic carbocycles. The Balaban J connectivity index is 2.69. The summed E-state index contributed by atoms with van der Waals surface area (Å²) >= 11 is 0. The van der Waals surface area contributed by atoms with Gasteiger partial charge in [-0.25, -0.2) is 9.18 Å². The Labute approximate surface area is 97.6 Å². The lowest BCUT2D eigenvalue weighted by Crippen LogP contribution is -2.06. The lowest BCUT2D eigenvalue weighted by atomic mass is 10.0. The lowest BCUT2D eigenvalue weighted by molar-refractivity contribution is 0.0602. The highest BCUT2D eigenvalue weighted by Gasteiger charge is 2.16. The molecule has 90 valence electrons. The number of nitrogens with two attached hydrogens (primary N) is 1. The number of rotatable bonds is 3. The van der Waals surface area contributed by atoms with Crippen molar-refractivity contribution in [2.45, 2.75) is 6.42 Å². The number of carbonyl (C=O) groups excluding carboxylic acids is 1. The summed E-state index contributed by atoms with van der Waals surface area (Å²) in [5, 5.41) is 0.684. The Morgan fingerprint density at radius 1 is 1.53 bits per heavy atom. The lowest BCUT2D eigenvalue weighted by Gasteiger charge is -2.04. The van der Waals surface area contributed by atoms with Crippen LogP contribution in [0, 0.1) is 5.82 Å². The summed E-state index contributed by atoms with van der Waals surface area (Å²) in [6, 6.07) is 2.53. The van der Waals surface area contributed by atoms with Crippen molar-refractivity contribution in [3.63, 3.8) is 0 Å². The molecule has 5 heteroatoms. The van der Waals surface area contributed by atoms with Crippen LogP contribution in [0.25, 0.3) is 10.9 Å². The molecule has 0 aliphatic rings. The quantitative estimate of drug-likeness (QED) is 0.795. The van der Waals surface area contributed by atoms with E-state index in [0.717, 1.165) is 5.56 Å². The molecule has 0 radical (unpaired) electrons. The number of halogens is 1. The number of benzene rings is 1. The first-order valence-electron chi connectivity index (χ1n) is 5.25. The number of methoxy groups -OCH3 is 1. The van der Waals surface area contributed by atoms with Gasteiger partial charge in [0.15, 0.2) is 0 Å². The fourth-order valence-corrected chi connectivity index (χ4v) is 1.93. The van der Waals surface area contributed by atoms with Crippen LogP contribution in [0.5, 0.6) is 0 Å². The Morgan fingerprint density at radius 3 is 2.94 bits per heavy atom. The summed E-state index contributed by atoms with van der Waals surface area (Å²) in [6.07, 6.45) is 2.36. The predicted octanol–water partition coefficient (Wildman–Crippen LogP) is 1.59. The number of esters is 1. The largest absolute Gasteiger partial charge is 0.465 e. The molecule has 0 saturated carbocycles. The van der Waals surface area contributed by atoms with Crippen molar-refractivity contribution >= 4 is 16.9 Å². The van der Waals surface area contributed by atoms with E-state index < -0.39 is 11.8 Å². The Morgan fingerprint density at radius 2 is 2.29 bits per heavy atom. The van der Waals surface area contributed by atoms with Gasteiger partial charge in [0, 0.05) is 17.1 Å². The van der Waals surface area contributed by atoms with Gasteiger partial charge in [0.25, 0.3) is 0 Å². The van der Waals surface area contributed by atoms with E-state index in [4.69, 9.17) is 5.73 Å². The minimum absolute atomic E-state index is 0.229. The molecule has 2 rings (SSSR count). The van der Waals surface area contributed by atoms with Crippen LogP contribution in [0.15, 0.2) is 18.3 Å². The van der Waals surface area contributed by atoms with Gasteiger partial charge in [0.1, 0.15) is 5.82 Å². The SMILES string of the molecule is COC(=O)c1cc(F)cc2[nH]cc(CCN)c12. The van der Waals surface area contributed by atoms with E-state index in [2.05, 4.69) is 9.72 Å². The molecule has 1 aromatic heterocycles. The molecule has 17 heavy (non-hydrogen) atoms. The topological polar surface area (TPSA) is 68.1 Å². The van der Waals surface area contributed by atoms with Gasteiger partial charge in [-0.1, -0.05) is 0 Å². The van der Waals surface area contributed by atoms with Crippen molar-refractivity contribution in [1.29, 1.82) is 0 Å². The molecule has 0 unspecified atom stereocenters. The summed E-state index contributed by atoms with van der Waals surface area (Å²) in [5.41, 5.74) is 7.19. The summed E-state index contributed by atoms with van der Waals surface area (Å²) in [5.74, 6) is -1.02. The van der Waals surface area contributed by atoms with Crippen LogP contribution in [-0.2, 0) is 11.2 Å². The molecule has 0 aliphatic carbocycles. The third-order valence-corrected chi connectivity index (χ3v) is 2.65. The first-order valence-corrected chi connectivity index (χ1v) is 5.25. The number of hydrogen-bond acceptors (Lipinski definition) is 3. The van der Waals surface area contributed by atoms with Crippen LogP contribution in [0.3, 0.4) is 0 Å². The molecule has 0 bridgehead atoms. The minimum atomic E-state index is -0.549. The molecule has 1 heterocycles. The zero-order valence-corrected chi connectivity index (χ0v) is 9.42. The van der Waals surface area contributed by atoms with E-state index in [-0.39, 0.29) is 5.56 Å². The van der Waals surface area contributed by atoms with E-state index in [1.165, 1.54) is 19.2 Å². The standard InChI is InChI=1S/C12H13FN2O2/c1-17-12(16)9-4-8(13)5-10-11(9)7(2-3-14)6-15-10/h4-6,15H,2-3,14H2,1H3. The van der Waals surface area contributed by atoms with Gasteiger partial charge < -0.3 is 15.5 Å². The average Bonchev–Trinajstić information content (AvgIpc) is 2.71. The maximum absolute atomic E-state index is 13.3. The third kappa shape index (κ3) is 2.01. The molecule has 0 spiro atoms. The number of nitrogens with one attached hydrogen (secondary N) is 1. The van der Waals surface area contributed by atoms with E-state index in [0.29, 0.717) is 23.9 Å². The van der Waals surface area contributed by atoms with E-state index in [1.54, 1.807) is 6.20 Å². The Kier molecular flexibility index (Phi) is 3.10. The molecule has 0 atom stereocenters. The Bertz CT molecular complexity index is 563. The summed E-state index contributed by atoms with van der Waals surface area (Å²) < 4.78 is 18.0. The molecule has 0 aliphatic heterocycles. The van der Waals surface area contributed by atoms with Gasteiger partial charge in [-0.3, -0.25) is 0 Å². The molecule has 0 amide bonds. The summed E-state index contributed by atoms with van der Waals surface area (Å²) in [7, 11) is 1.27. The molecule has 0 saturated heterocycles. The highest BCUT2D eigenvalue weighted by molar-refractivity contribution is 6.05. The second kappa shape index (κ2) is 4.55. The van der Waals surface area contributed by atoms with Gasteiger partial charge in [-0.2, -0.15) is 0 Å². The van der Waals surface area contributed by atoms with E-state index in [9.17, 15) is 9.18 Å². The molecule has 2 aromatic rings. The number of ether oxygens (including phenoxy) is 1. The van der Waals surface area contributed by atoms with Crippen molar-refractivity contribution < 1.29 is 13.9 Å². The van der Waals surface area contributed by atoms with Crippen molar-refractivity contribution in [2.24, 2.45) is 5.73 Å². The van der Waals surface area contributed by atoms with Crippen LogP contribution in [0.1, 0.15) is 15.9 Å². The van der Waals surface area contributed by atoms with Gasteiger partial charge in [0.2, 0.25) is 0 Å². The van der Waals surface area contributed by atoms with Crippen molar-refractivity contribution in [3.8, 4) is 0 Å².